The Kier molecular flexibility index (Phi) is 5.27. The number of pyridine rings is 1. The van der Waals surface area contributed by atoms with Gasteiger partial charge >= 0.3 is 0 Å². The van der Waals surface area contributed by atoms with Crippen LogP contribution in [0, 0.1) is 5.92 Å². The monoisotopic (exact) mass is 397 g/mol. The van der Waals surface area contributed by atoms with Gasteiger partial charge < -0.3 is 9.30 Å². The summed E-state index contributed by atoms with van der Waals surface area (Å²) in [5.41, 5.74) is 2.66. The van der Waals surface area contributed by atoms with Crippen LogP contribution >= 0.6 is 11.6 Å². The summed E-state index contributed by atoms with van der Waals surface area (Å²) in [4.78, 5) is 11.9. The van der Waals surface area contributed by atoms with Crippen LogP contribution in [0.25, 0.3) is 16.8 Å². The SMILES string of the molecule is CCCn1cc(-n2cc(-c3ccc(O[C@@H](C)C4CC4)cc3Cl)cn2)ccc1=O. The standard InChI is InChI=1S/C22H24ClN3O2/c1-3-10-25-14-18(6-9-22(25)27)26-13-17(12-24-26)20-8-7-19(11-21(20)23)28-15(2)16-4-5-16/h6-9,11-16H,3-5,10H2,1-2H3/t15-/m0/s1. The highest BCUT2D eigenvalue weighted by molar-refractivity contribution is 6.33. The Bertz CT molecular complexity index is 1040. The molecule has 1 saturated carbocycles. The van der Waals surface area contributed by atoms with Crippen molar-refractivity contribution < 1.29 is 4.74 Å². The largest absolute Gasteiger partial charge is 0.490 e. The smallest absolute Gasteiger partial charge is 0.250 e. The second-order valence-electron chi connectivity index (χ2n) is 7.39. The molecule has 4 rings (SSSR count). The van der Waals surface area contributed by atoms with Crippen molar-refractivity contribution >= 4 is 11.6 Å². The fourth-order valence-corrected chi connectivity index (χ4v) is 3.63. The lowest BCUT2D eigenvalue weighted by Gasteiger charge is -2.14. The van der Waals surface area contributed by atoms with Crippen molar-refractivity contribution in [3.63, 3.8) is 0 Å². The molecule has 2 heterocycles. The molecule has 1 atom stereocenters. The summed E-state index contributed by atoms with van der Waals surface area (Å²) in [6, 6.07) is 9.15. The van der Waals surface area contributed by atoms with Gasteiger partial charge in [0.1, 0.15) is 5.75 Å². The fraction of sp³-hybridized carbons (Fsp3) is 0.364. The Morgan fingerprint density at radius 2 is 2.07 bits per heavy atom. The molecule has 146 valence electrons. The van der Waals surface area contributed by atoms with Crippen molar-refractivity contribution in [3.05, 3.63) is 64.3 Å². The number of hydrogen-bond acceptors (Lipinski definition) is 3. The normalized spacial score (nSPS) is 14.8. The van der Waals surface area contributed by atoms with E-state index in [-0.39, 0.29) is 11.7 Å². The zero-order valence-corrected chi connectivity index (χ0v) is 16.9. The van der Waals surface area contributed by atoms with Gasteiger partial charge in [-0.1, -0.05) is 18.5 Å². The maximum absolute atomic E-state index is 11.9. The number of aromatic nitrogens is 3. The van der Waals surface area contributed by atoms with Gasteiger partial charge in [-0.05, 0) is 56.4 Å². The number of benzene rings is 1. The van der Waals surface area contributed by atoms with Crippen molar-refractivity contribution in [1.82, 2.24) is 14.3 Å². The average molecular weight is 398 g/mol. The molecule has 5 nitrogen and oxygen atoms in total. The number of halogens is 1. The molecule has 1 aromatic carbocycles. The summed E-state index contributed by atoms with van der Waals surface area (Å²) in [5.74, 6) is 1.47. The third kappa shape index (κ3) is 3.99. The van der Waals surface area contributed by atoms with E-state index < -0.39 is 0 Å². The quantitative estimate of drug-likeness (QED) is 0.567. The van der Waals surface area contributed by atoms with Crippen LogP contribution in [0.15, 0.2) is 53.7 Å². The first-order valence-electron chi connectivity index (χ1n) is 9.77. The van der Waals surface area contributed by atoms with Crippen LogP contribution < -0.4 is 10.3 Å². The van der Waals surface area contributed by atoms with E-state index in [0.717, 1.165) is 29.0 Å². The van der Waals surface area contributed by atoms with E-state index in [0.29, 0.717) is 17.5 Å². The molecule has 2 aromatic heterocycles. The van der Waals surface area contributed by atoms with E-state index in [1.165, 1.54) is 12.8 Å². The molecule has 0 unspecified atom stereocenters. The van der Waals surface area contributed by atoms with Crippen molar-refractivity contribution in [1.29, 1.82) is 0 Å². The molecule has 0 radical (unpaired) electrons. The van der Waals surface area contributed by atoms with Crippen LogP contribution in [0.4, 0.5) is 0 Å². The van der Waals surface area contributed by atoms with Gasteiger partial charge in [-0.15, -0.1) is 0 Å². The minimum Gasteiger partial charge on any atom is -0.490 e. The lowest BCUT2D eigenvalue weighted by Crippen LogP contribution is -2.19. The van der Waals surface area contributed by atoms with Gasteiger partial charge in [-0.3, -0.25) is 4.79 Å². The summed E-state index contributed by atoms with van der Waals surface area (Å²) in [5, 5.41) is 5.08. The van der Waals surface area contributed by atoms with Gasteiger partial charge in [0, 0.05) is 36.1 Å². The first-order valence-corrected chi connectivity index (χ1v) is 10.1. The maximum Gasteiger partial charge on any atom is 0.250 e. The number of nitrogens with zero attached hydrogens (tertiary/aromatic N) is 3. The molecular weight excluding hydrogens is 374 g/mol. The molecule has 1 aliphatic rings. The van der Waals surface area contributed by atoms with E-state index in [1.807, 2.05) is 37.5 Å². The molecule has 1 fully saturated rings. The van der Waals surface area contributed by atoms with E-state index in [1.54, 1.807) is 27.6 Å². The molecule has 6 heteroatoms. The van der Waals surface area contributed by atoms with E-state index in [2.05, 4.69) is 12.0 Å². The zero-order chi connectivity index (χ0) is 19.7. The number of ether oxygens (including phenoxy) is 1. The Morgan fingerprint density at radius 3 is 2.79 bits per heavy atom. The highest BCUT2D eigenvalue weighted by Crippen LogP contribution is 2.36. The van der Waals surface area contributed by atoms with Crippen LogP contribution in [0.1, 0.15) is 33.1 Å². The minimum absolute atomic E-state index is 0.00274. The highest BCUT2D eigenvalue weighted by atomic mass is 35.5. The molecule has 28 heavy (non-hydrogen) atoms. The third-order valence-electron chi connectivity index (χ3n) is 5.14. The summed E-state index contributed by atoms with van der Waals surface area (Å²) >= 11 is 6.52. The molecule has 0 saturated heterocycles. The van der Waals surface area contributed by atoms with Gasteiger partial charge in [0.25, 0.3) is 5.56 Å². The molecular formula is C22H24ClN3O2. The summed E-state index contributed by atoms with van der Waals surface area (Å²) in [7, 11) is 0. The predicted octanol–water partition coefficient (Wildman–Crippen LogP) is 4.94. The van der Waals surface area contributed by atoms with Gasteiger partial charge in [0.05, 0.1) is 23.0 Å². The predicted molar refractivity (Wildman–Crippen MR) is 111 cm³/mol. The third-order valence-corrected chi connectivity index (χ3v) is 5.45. The van der Waals surface area contributed by atoms with Crippen molar-refractivity contribution in [2.45, 2.75) is 45.8 Å². The number of rotatable bonds is 7. The highest BCUT2D eigenvalue weighted by Gasteiger charge is 2.29. The molecule has 0 bridgehead atoms. The van der Waals surface area contributed by atoms with E-state index >= 15 is 0 Å². The lowest BCUT2D eigenvalue weighted by molar-refractivity contribution is 0.198. The molecule has 0 spiro atoms. The van der Waals surface area contributed by atoms with E-state index in [9.17, 15) is 4.79 Å². The zero-order valence-electron chi connectivity index (χ0n) is 16.1. The Balaban J connectivity index is 1.57. The molecule has 3 aromatic rings. The van der Waals surface area contributed by atoms with E-state index in [4.69, 9.17) is 16.3 Å². The van der Waals surface area contributed by atoms with Crippen LogP contribution in [0.3, 0.4) is 0 Å². The Morgan fingerprint density at radius 1 is 1.25 bits per heavy atom. The second kappa shape index (κ2) is 7.84. The number of hydrogen-bond donors (Lipinski definition) is 0. The first-order chi connectivity index (χ1) is 13.5. The average Bonchev–Trinajstić information content (AvgIpc) is 3.42. The summed E-state index contributed by atoms with van der Waals surface area (Å²) in [6.45, 7) is 4.85. The second-order valence-corrected chi connectivity index (χ2v) is 7.80. The van der Waals surface area contributed by atoms with Crippen LogP contribution in [-0.2, 0) is 6.54 Å². The minimum atomic E-state index is -0.00274. The molecule has 0 aliphatic heterocycles. The fourth-order valence-electron chi connectivity index (χ4n) is 3.35. The van der Waals surface area contributed by atoms with Crippen LogP contribution in [0.2, 0.25) is 5.02 Å². The Labute approximate surface area is 169 Å². The Hall–Kier alpha value is -2.53. The van der Waals surface area contributed by atoms with Gasteiger partial charge in [0.15, 0.2) is 0 Å². The van der Waals surface area contributed by atoms with Gasteiger partial charge in [-0.2, -0.15) is 5.10 Å². The van der Waals surface area contributed by atoms with Gasteiger partial charge in [-0.25, -0.2) is 4.68 Å². The van der Waals surface area contributed by atoms with Gasteiger partial charge in [0.2, 0.25) is 0 Å². The molecule has 0 amide bonds. The maximum atomic E-state index is 11.9. The molecule has 1 aliphatic carbocycles. The van der Waals surface area contributed by atoms with Crippen molar-refractivity contribution in [2.24, 2.45) is 5.92 Å². The van der Waals surface area contributed by atoms with Crippen molar-refractivity contribution in [2.75, 3.05) is 0 Å². The summed E-state index contributed by atoms with van der Waals surface area (Å²) in [6.07, 6.45) is 9.16. The summed E-state index contributed by atoms with van der Waals surface area (Å²) < 4.78 is 9.46. The molecule has 0 N–H and O–H groups in total. The van der Waals surface area contributed by atoms with Crippen LogP contribution in [0.5, 0.6) is 5.75 Å². The van der Waals surface area contributed by atoms with Crippen LogP contribution in [-0.4, -0.2) is 20.5 Å². The number of aryl methyl sites for hydroxylation is 1. The lowest BCUT2D eigenvalue weighted by atomic mass is 10.1. The van der Waals surface area contributed by atoms with Crippen molar-refractivity contribution in [3.8, 4) is 22.6 Å². The topological polar surface area (TPSA) is 49.0 Å². The first kappa shape index (κ1) is 18.8.